The fraction of sp³-hybridized carbons (Fsp3) is 0.682. The number of benzene rings is 1. The van der Waals surface area contributed by atoms with Crippen LogP contribution in [0, 0.1) is 51.2 Å². The smallest absolute Gasteiger partial charge is 0.337 e. The first-order chi connectivity index (χ1) is 24.7. The molecule has 1 aromatic heterocycles. The molecule has 1 heterocycles. The van der Waals surface area contributed by atoms with Crippen LogP contribution in [-0.2, 0) is 17.8 Å². The van der Waals surface area contributed by atoms with Gasteiger partial charge in [-0.25, -0.2) is 4.79 Å². The van der Waals surface area contributed by atoms with Crippen LogP contribution in [-0.4, -0.2) is 45.6 Å². The van der Waals surface area contributed by atoms with Gasteiger partial charge in [0.2, 0.25) is 5.91 Å². The van der Waals surface area contributed by atoms with Gasteiger partial charge in [-0.05, 0) is 140 Å². The number of fused-ring (bicyclic) bond motifs is 5. The van der Waals surface area contributed by atoms with E-state index in [2.05, 4.69) is 57.2 Å². The predicted molar refractivity (Wildman–Crippen MR) is 204 cm³/mol. The van der Waals surface area contributed by atoms with Crippen molar-refractivity contribution in [2.45, 2.75) is 131 Å². The van der Waals surface area contributed by atoms with Gasteiger partial charge in [0.15, 0.2) is 0 Å². The van der Waals surface area contributed by atoms with Gasteiger partial charge < -0.3 is 20.8 Å². The minimum absolute atomic E-state index is 0.0385. The van der Waals surface area contributed by atoms with E-state index < -0.39 is 5.97 Å². The van der Waals surface area contributed by atoms with Gasteiger partial charge in [-0.2, -0.15) is 0 Å². The molecule has 2 aromatic rings. The SMILES string of the molecule is CCCCC1(C(=O)NCCc2cccc(C(=O)NCc3ccc(C(=O)O)cn3)c2)CCC2C(CCC3C2(C)CCC2C(C)(C)C(O)CCC23C)C1C. The third-order valence-electron chi connectivity index (χ3n) is 15.5. The maximum atomic E-state index is 14.4. The van der Waals surface area contributed by atoms with E-state index in [-0.39, 0.29) is 51.7 Å². The van der Waals surface area contributed by atoms with Crippen LogP contribution in [0.1, 0.15) is 144 Å². The molecule has 0 radical (unpaired) electrons. The van der Waals surface area contributed by atoms with Crippen molar-refractivity contribution in [3.05, 3.63) is 65.0 Å². The summed E-state index contributed by atoms with van der Waals surface area (Å²) in [6, 6.07) is 10.6. The normalized spacial score (nSPS) is 35.0. The highest BCUT2D eigenvalue weighted by Gasteiger charge is 2.65. The van der Waals surface area contributed by atoms with Crippen molar-refractivity contribution in [2.24, 2.45) is 51.2 Å². The number of hydrogen-bond acceptors (Lipinski definition) is 5. The minimum atomic E-state index is -1.04. The maximum Gasteiger partial charge on any atom is 0.337 e. The topological polar surface area (TPSA) is 129 Å². The zero-order valence-electron chi connectivity index (χ0n) is 32.5. The van der Waals surface area contributed by atoms with E-state index in [4.69, 9.17) is 5.11 Å². The van der Waals surface area contributed by atoms with Gasteiger partial charge in [0.05, 0.1) is 29.3 Å². The van der Waals surface area contributed by atoms with Crippen LogP contribution >= 0.6 is 0 Å². The minimum Gasteiger partial charge on any atom is -0.478 e. The Bertz CT molecular complexity index is 1620. The lowest BCUT2D eigenvalue weighted by Crippen LogP contribution is -2.64. The first-order valence-corrected chi connectivity index (χ1v) is 20.2. The monoisotopic (exact) mass is 713 g/mol. The quantitative estimate of drug-likeness (QED) is 0.186. The van der Waals surface area contributed by atoms with E-state index >= 15 is 0 Å². The summed E-state index contributed by atoms with van der Waals surface area (Å²) in [7, 11) is 0. The van der Waals surface area contributed by atoms with Gasteiger partial charge in [0.1, 0.15) is 0 Å². The molecule has 4 N–H and O–H groups in total. The second kappa shape index (κ2) is 14.9. The summed E-state index contributed by atoms with van der Waals surface area (Å²) < 4.78 is 0. The highest BCUT2D eigenvalue weighted by molar-refractivity contribution is 5.94. The van der Waals surface area contributed by atoms with Crippen molar-refractivity contribution in [2.75, 3.05) is 6.54 Å². The largest absolute Gasteiger partial charge is 0.478 e. The summed E-state index contributed by atoms with van der Waals surface area (Å²) in [6.07, 6.45) is 13.8. The van der Waals surface area contributed by atoms with Crippen molar-refractivity contribution in [3.63, 3.8) is 0 Å². The van der Waals surface area contributed by atoms with Crippen LogP contribution in [0.3, 0.4) is 0 Å². The van der Waals surface area contributed by atoms with Crippen molar-refractivity contribution < 1.29 is 24.6 Å². The van der Waals surface area contributed by atoms with E-state index in [9.17, 15) is 19.5 Å². The molecule has 1 aromatic carbocycles. The maximum absolute atomic E-state index is 14.4. The number of hydrogen-bond donors (Lipinski definition) is 4. The second-order valence-corrected chi connectivity index (χ2v) is 18.2. The molecule has 6 rings (SSSR count). The number of carboxylic acid groups (broad SMARTS) is 1. The summed E-state index contributed by atoms with van der Waals surface area (Å²) in [5, 5.41) is 26.4. The van der Waals surface area contributed by atoms with Crippen LogP contribution in [0.4, 0.5) is 0 Å². The number of amides is 2. The molecule has 8 nitrogen and oxygen atoms in total. The fourth-order valence-electron chi connectivity index (χ4n) is 12.5. The number of aromatic nitrogens is 1. The average molecular weight is 714 g/mol. The van der Waals surface area contributed by atoms with Crippen LogP contribution in [0.5, 0.6) is 0 Å². The number of nitrogens with zero attached hydrogens (tertiary/aromatic N) is 1. The van der Waals surface area contributed by atoms with Gasteiger partial charge in [-0.1, -0.05) is 66.5 Å². The second-order valence-electron chi connectivity index (χ2n) is 18.2. The predicted octanol–water partition coefficient (Wildman–Crippen LogP) is 8.22. The van der Waals surface area contributed by atoms with E-state index in [1.807, 2.05) is 18.2 Å². The molecule has 0 saturated heterocycles. The molecule has 52 heavy (non-hydrogen) atoms. The van der Waals surface area contributed by atoms with E-state index in [1.165, 1.54) is 37.9 Å². The fourth-order valence-corrected chi connectivity index (χ4v) is 12.5. The number of aliphatic hydroxyl groups excluding tert-OH is 1. The molecular weight excluding hydrogens is 651 g/mol. The Morgan fingerprint density at radius 2 is 1.65 bits per heavy atom. The number of carbonyl (C=O) groups excluding carboxylic acids is 2. The van der Waals surface area contributed by atoms with Gasteiger partial charge in [-0.15, -0.1) is 0 Å². The number of pyridine rings is 1. The number of nitrogens with one attached hydrogen (secondary N) is 2. The van der Waals surface area contributed by atoms with Crippen molar-refractivity contribution in [1.82, 2.24) is 15.6 Å². The molecule has 9 unspecified atom stereocenters. The Labute approximate surface area is 311 Å². The van der Waals surface area contributed by atoms with Crippen LogP contribution in [0.2, 0.25) is 0 Å². The summed E-state index contributed by atoms with van der Waals surface area (Å²) in [4.78, 5) is 42.6. The first-order valence-electron chi connectivity index (χ1n) is 20.2. The lowest BCUT2D eigenvalue weighted by atomic mass is 9.36. The standard InChI is InChI=1S/C44H63N3O5/c1-7-8-20-44(40(52)45-24-19-29-10-9-11-30(25-29)38(49)47-27-32-13-12-31(26-46-32)39(50)51)23-16-34-33(28(44)2)14-15-36-42(34,5)21-17-35-41(3,4)37(48)18-22-43(35,36)6/h9-13,25-26,28,33-37,48H,7-8,14-24,27H2,1-6H3,(H,45,52)(H,47,49)(H,50,51). The first kappa shape index (κ1) is 38.5. The number of aliphatic hydroxyl groups is 1. The molecule has 284 valence electrons. The van der Waals surface area contributed by atoms with Crippen LogP contribution in [0.25, 0.3) is 0 Å². The summed E-state index contributed by atoms with van der Waals surface area (Å²) in [5.41, 5.74) is 2.38. The third kappa shape index (κ3) is 6.82. The molecule has 0 aliphatic heterocycles. The molecule has 0 bridgehead atoms. The molecule has 4 aliphatic rings. The van der Waals surface area contributed by atoms with Crippen molar-refractivity contribution in [1.29, 1.82) is 0 Å². The molecule has 0 spiro atoms. The molecule has 4 saturated carbocycles. The summed E-state index contributed by atoms with van der Waals surface area (Å²) in [6.45, 7) is 15.2. The number of carbonyl (C=O) groups is 3. The zero-order chi connectivity index (χ0) is 37.5. The number of carboxylic acids is 1. The Morgan fingerprint density at radius 3 is 2.37 bits per heavy atom. The zero-order valence-corrected chi connectivity index (χ0v) is 32.5. The van der Waals surface area contributed by atoms with Gasteiger partial charge >= 0.3 is 5.97 Å². The van der Waals surface area contributed by atoms with E-state index in [1.54, 1.807) is 12.1 Å². The molecule has 2 amide bonds. The molecular formula is C44H63N3O5. The highest BCUT2D eigenvalue weighted by Crippen LogP contribution is 2.72. The Kier molecular flexibility index (Phi) is 11.0. The van der Waals surface area contributed by atoms with Crippen LogP contribution in [0.15, 0.2) is 42.6 Å². The average Bonchev–Trinajstić information content (AvgIpc) is 3.12. The van der Waals surface area contributed by atoms with Crippen molar-refractivity contribution in [3.8, 4) is 0 Å². The Hall–Kier alpha value is -3.26. The Morgan fingerprint density at radius 1 is 0.885 bits per heavy atom. The van der Waals surface area contributed by atoms with Crippen LogP contribution < -0.4 is 10.6 Å². The summed E-state index contributed by atoms with van der Waals surface area (Å²) in [5.74, 6) is 1.72. The number of unbranched alkanes of at least 4 members (excludes halogenated alkanes) is 1. The van der Waals surface area contributed by atoms with Gasteiger partial charge in [-0.3, -0.25) is 14.6 Å². The van der Waals surface area contributed by atoms with Gasteiger partial charge in [0.25, 0.3) is 5.91 Å². The lowest BCUT2D eigenvalue weighted by Gasteiger charge is -2.69. The van der Waals surface area contributed by atoms with Gasteiger partial charge in [0, 0.05) is 18.3 Å². The molecule has 9 atom stereocenters. The van der Waals surface area contributed by atoms with E-state index in [0.717, 1.165) is 50.5 Å². The highest BCUT2D eigenvalue weighted by atomic mass is 16.4. The summed E-state index contributed by atoms with van der Waals surface area (Å²) >= 11 is 0. The molecule has 8 heteroatoms. The molecule has 4 fully saturated rings. The molecule has 4 aliphatic carbocycles. The Balaban J connectivity index is 1.09. The number of rotatable bonds is 11. The van der Waals surface area contributed by atoms with E-state index in [0.29, 0.717) is 53.8 Å². The third-order valence-corrected chi connectivity index (χ3v) is 15.5. The van der Waals surface area contributed by atoms with Crippen molar-refractivity contribution >= 4 is 17.8 Å². The lowest BCUT2D eigenvalue weighted by molar-refractivity contribution is -0.215. The number of aromatic carboxylic acids is 1.